The van der Waals surface area contributed by atoms with Crippen molar-refractivity contribution in [1.82, 2.24) is 4.98 Å². The Morgan fingerprint density at radius 3 is 2.88 bits per heavy atom. The number of esters is 1. The van der Waals surface area contributed by atoms with Crippen molar-refractivity contribution in [2.75, 3.05) is 19.8 Å². The van der Waals surface area contributed by atoms with E-state index < -0.39 is 5.97 Å². The van der Waals surface area contributed by atoms with Gasteiger partial charge in [-0.1, -0.05) is 6.92 Å². The lowest BCUT2D eigenvalue weighted by Crippen LogP contribution is -2.12. The molecule has 0 fully saturated rings. The number of ether oxygens (including phenoxy) is 2. The van der Waals surface area contributed by atoms with E-state index in [4.69, 9.17) is 15.2 Å². The van der Waals surface area contributed by atoms with Crippen LogP contribution in [0.25, 0.3) is 0 Å². The van der Waals surface area contributed by atoms with Crippen LogP contribution < -0.4 is 5.73 Å². The van der Waals surface area contributed by atoms with Crippen LogP contribution in [-0.2, 0) is 9.47 Å². The minimum atomic E-state index is -0.423. The van der Waals surface area contributed by atoms with Gasteiger partial charge in [-0.3, -0.25) is 0 Å². The van der Waals surface area contributed by atoms with Crippen molar-refractivity contribution in [2.24, 2.45) is 5.73 Å². The van der Waals surface area contributed by atoms with Crippen LogP contribution >= 0.6 is 11.3 Å². The van der Waals surface area contributed by atoms with E-state index in [1.54, 1.807) is 5.38 Å². The van der Waals surface area contributed by atoms with E-state index in [1.807, 2.05) is 13.8 Å². The molecule has 0 aliphatic carbocycles. The van der Waals surface area contributed by atoms with Crippen molar-refractivity contribution in [1.29, 1.82) is 0 Å². The average Bonchev–Trinajstić information content (AvgIpc) is 2.78. The molecule has 0 amide bonds. The second kappa shape index (κ2) is 7.37. The average molecular weight is 258 g/mol. The molecule has 1 aromatic rings. The van der Waals surface area contributed by atoms with Gasteiger partial charge in [0.25, 0.3) is 0 Å². The smallest absolute Gasteiger partial charge is 0.357 e. The summed E-state index contributed by atoms with van der Waals surface area (Å²) >= 11 is 1.37. The predicted molar refractivity (Wildman–Crippen MR) is 66.1 cm³/mol. The van der Waals surface area contributed by atoms with Gasteiger partial charge in [0.1, 0.15) is 11.6 Å². The Hall–Kier alpha value is -0.980. The number of nitrogens with two attached hydrogens (primary N) is 1. The molecule has 17 heavy (non-hydrogen) atoms. The predicted octanol–water partition coefficient (Wildman–Crippen LogP) is 1.75. The number of carbonyl (C=O) groups is 1. The highest BCUT2D eigenvalue weighted by Crippen LogP contribution is 2.16. The molecule has 0 aromatic carbocycles. The molecule has 96 valence electrons. The van der Waals surface area contributed by atoms with Crippen LogP contribution in [0, 0.1) is 0 Å². The third-order valence-electron chi connectivity index (χ3n) is 1.93. The molecule has 0 radical (unpaired) electrons. The van der Waals surface area contributed by atoms with Gasteiger partial charge in [0.2, 0.25) is 0 Å². The van der Waals surface area contributed by atoms with Crippen molar-refractivity contribution in [3.05, 3.63) is 16.1 Å². The van der Waals surface area contributed by atoms with Crippen LogP contribution in [0.1, 0.15) is 41.8 Å². The highest BCUT2D eigenvalue weighted by atomic mass is 32.1. The van der Waals surface area contributed by atoms with Crippen molar-refractivity contribution in [3.63, 3.8) is 0 Å². The number of hydrogen-bond donors (Lipinski definition) is 1. The molecule has 0 saturated carbocycles. The summed E-state index contributed by atoms with van der Waals surface area (Å²) in [5.74, 6) is -0.423. The van der Waals surface area contributed by atoms with E-state index in [9.17, 15) is 4.79 Å². The van der Waals surface area contributed by atoms with Crippen LogP contribution in [0.15, 0.2) is 5.38 Å². The first-order valence-corrected chi connectivity index (χ1v) is 6.49. The summed E-state index contributed by atoms with van der Waals surface area (Å²) in [5, 5.41) is 2.40. The fourth-order valence-corrected chi connectivity index (χ4v) is 1.85. The van der Waals surface area contributed by atoms with Crippen molar-refractivity contribution in [2.45, 2.75) is 26.3 Å². The first-order valence-electron chi connectivity index (χ1n) is 5.61. The highest BCUT2D eigenvalue weighted by Gasteiger charge is 2.13. The van der Waals surface area contributed by atoms with Gasteiger partial charge in [-0.2, -0.15) is 0 Å². The molecule has 6 heteroatoms. The van der Waals surface area contributed by atoms with Gasteiger partial charge < -0.3 is 15.2 Å². The van der Waals surface area contributed by atoms with Crippen LogP contribution in [0.2, 0.25) is 0 Å². The van der Waals surface area contributed by atoms with E-state index in [0.717, 1.165) is 11.4 Å². The standard InChI is InChI=1S/C11H18N2O3S/c1-3-4-15-5-6-16-11(14)9-7-17-10(13-9)8(2)12/h7-8H,3-6,12H2,1-2H3. The summed E-state index contributed by atoms with van der Waals surface area (Å²) in [6.07, 6.45) is 0.956. The zero-order valence-electron chi connectivity index (χ0n) is 10.1. The number of aromatic nitrogens is 1. The fraction of sp³-hybridized carbons (Fsp3) is 0.636. The summed E-state index contributed by atoms with van der Waals surface area (Å²) in [6.45, 7) is 5.21. The van der Waals surface area contributed by atoms with Crippen molar-refractivity contribution in [3.8, 4) is 0 Å². The van der Waals surface area contributed by atoms with Gasteiger partial charge in [0.15, 0.2) is 5.69 Å². The number of hydrogen-bond acceptors (Lipinski definition) is 6. The Labute approximate surface area is 105 Å². The second-order valence-electron chi connectivity index (χ2n) is 3.61. The van der Waals surface area contributed by atoms with Crippen LogP contribution in [0.5, 0.6) is 0 Å². The Balaban J connectivity index is 2.31. The van der Waals surface area contributed by atoms with Gasteiger partial charge in [0, 0.05) is 12.0 Å². The molecule has 0 bridgehead atoms. The molecule has 1 heterocycles. The molecule has 2 N–H and O–H groups in total. The maximum Gasteiger partial charge on any atom is 0.357 e. The van der Waals surface area contributed by atoms with Gasteiger partial charge in [-0.05, 0) is 13.3 Å². The topological polar surface area (TPSA) is 74.4 Å². The Morgan fingerprint density at radius 2 is 2.29 bits per heavy atom. The third-order valence-corrected chi connectivity index (χ3v) is 2.98. The third kappa shape index (κ3) is 4.80. The number of carbonyl (C=O) groups excluding carboxylic acids is 1. The quantitative estimate of drug-likeness (QED) is 0.595. The lowest BCUT2D eigenvalue weighted by atomic mass is 10.4. The Kier molecular flexibility index (Phi) is 6.10. The number of nitrogens with zero attached hydrogens (tertiary/aromatic N) is 1. The normalized spacial score (nSPS) is 12.4. The van der Waals surface area contributed by atoms with Crippen LogP contribution in [-0.4, -0.2) is 30.8 Å². The fourth-order valence-electron chi connectivity index (χ4n) is 1.10. The zero-order valence-corrected chi connectivity index (χ0v) is 11.0. The van der Waals surface area contributed by atoms with Gasteiger partial charge in [-0.15, -0.1) is 11.3 Å². The van der Waals surface area contributed by atoms with E-state index in [0.29, 0.717) is 18.9 Å². The minimum absolute atomic E-state index is 0.158. The number of rotatable bonds is 7. The lowest BCUT2D eigenvalue weighted by molar-refractivity contribution is 0.0313. The molecular weight excluding hydrogens is 240 g/mol. The van der Waals surface area contributed by atoms with Crippen molar-refractivity contribution >= 4 is 17.3 Å². The maximum atomic E-state index is 11.5. The van der Waals surface area contributed by atoms with Crippen LogP contribution in [0.4, 0.5) is 0 Å². The van der Waals surface area contributed by atoms with Gasteiger partial charge >= 0.3 is 5.97 Å². The zero-order chi connectivity index (χ0) is 12.7. The molecule has 1 aromatic heterocycles. The molecule has 5 nitrogen and oxygen atoms in total. The van der Waals surface area contributed by atoms with Gasteiger partial charge in [-0.25, -0.2) is 9.78 Å². The molecule has 1 rings (SSSR count). The monoisotopic (exact) mass is 258 g/mol. The van der Waals surface area contributed by atoms with Crippen molar-refractivity contribution < 1.29 is 14.3 Å². The molecule has 1 atom stereocenters. The molecule has 0 aliphatic heterocycles. The largest absolute Gasteiger partial charge is 0.458 e. The maximum absolute atomic E-state index is 11.5. The molecule has 0 spiro atoms. The van der Waals surface area contributed by atoms with E-state index in [-0.39, 0.29) is 12.6 Å². The first-order chi connectivity index (χ1) is 8.15. The molecular formula is C11H18N2O3S. The summed E-state index contributed by atoms with van der Waals surface area (Å²) in [5.41, 5.74) is 5.98. The first kappa shape index (κ1) is 14.1. The summed E-state index contributed by atoms with van der Waals surface area (Å²) in [7, 11) is 0. The molecule has 0 aliphatic rings. The summed E-state index contributed by atoms with van der Waals surface area (Å²) in [6, 6.07) is -0.158. The van der Waals surface area contributed by atoms with Gasteiger partial charge in [0.05, 0.1) is 12.6 Å². The number of thiazole rings is 1. The SMILES string of the molecule is CCCOCCOC(=O)c1csc(C(C)N)n1. The highest BCUT2D eigenvalue weighted by molar-refractivity contribution is 7.09. The van der Waals surface area contributed by atoms with Crippen LogP contribution in [0.3, 0.4) is 0 Å². The summed E-state index contributed by atoms with van der Waals surface area (Å²) < 4.78 is 10.2. The molecule has 0 saturated heterocycles. The van der Waals surface area contributed by atoms with E-state index in [1.165, 1.54) is 11.3 Å². The lowest BCUT2D eigenvalue weighted by Gasteiger charge is -2.03. The van der Waals surface area contributed by atoms with E-state index >= 15 is 0 Å². The van der Waals surface area contributed by atoms with E-state index in [2.05, 4.69) is 4.98 Å². The second-order valence-corrected chi connectivity index (χ2v) is 4.50. The Bertz CT molecular complexity index is 352. The molecule has 1 unspecified atom stereocenters. The Morgan fingerprint density at radius 1 is 1.53 bits per heavy atom. The minimum Gasteiger partial charge on any atom is -0.458 e. The summed E-state index contributed by atoms with van der Waals surface area (Å²) in [4.78, 5) is 15.6.